The van der Waals surface area contributed by atoms with Crippen LogP contribution in [-0.4, -0.2) is 69.2 Å². The highest BCUT2D eigenvalue weighted by Gasteiger charge is 2.47. The molecule has 16 nitrogen and oxygen atoms in total. The van der Waals surface area contributed by atoms with Gasteiger partial charge >= 0.3 is 35.8 Å². The fourth-order valence-electron chi connectivity index (χ4n) is 6.77. The van der Waals surface area contributed by atoms with Crippen LogP contribution in [0.5, 0.6) is 0 Å². The van der Waals surface area contributed by atoms with Gasteiger partial charge in [0.2, 0.25) is 0 Å². The molecule has 0 saturated carbocycles. The van der Waals surface area contributed by atoms with E-state index in [1.165, 1.54) is 60.8 Å². The number of carbonyl (C=O) groups is 6. The Morgan fingerprint density at radius 2 is 0.698 bits per heavy atom. The minimum Gasteiger partial charge on any atom is -0.480 e. The molecule has 0 amide bonds. The quantitative estimate of drug-likeness (QED) is 0.0294. The first-order chi connectivity index (χ1) is 30.1. The van der Waals surface area contributed by atoms with E-state index < -0.39 is 70.9 Å². The molecule has 0 radical (unpaired) electrons. The van der Waals surface area contributed by atoms with Gasteiger partial charge in [0.1, 0.15) is 22.3 Å². The van der Waals surface area contributed by atoms with Crippen molar-refractivity contribution in [3.05, 3.63) is 119 Å². The Balaban J connectivity index is 1.27. The van der Waals surface area contributed by atoms with E-state index in [0.29, 0.717) is 44.9 Å². The van der Waals surface area contributed by atoms with E-state index in [-0.39, 0.29) is 48.0 Å². The summed E-state index contributed by atoms with van der Waals surface area (Å²) in [6.07, 6.45) is 23.7. The average molecular weight is 877 g/mol. The molecule has 340 valence electrons. The number of unbranched alkanes of at least 4 members (excludes halogenated alkanes) is 1. The van der Waals surface area contributed by atoms with Crippen LogP contribution >= 0.6 is 0 Å². The van der Waals surface area contributed by atoms with Crippen LogP contribution < -0.4 is 0 Å². The molecule has 63 heavy (non-hydrogen) atoms. The van der Waals surface area contributed by atoms with Crippen molar-refractivity contribution in [1.29, 1.82) is 0 Å². The Bertz CT molecular complexity index is 2040. The van der Waals surface area contributed by atoms with Crippen molar-refractivity contribution < 1.29 is 76.9 Å². The molecule has 4 aliphatic rings. The third-order valence-corrected chi connectivity index (χ3v) is 10.6. The van der Waals surface area contributed by atoms with Crippen LogP contribution in [0, 0.1) is 0 Å². The van der Waals surface area contributed by atoms with E-state index in [9.17, 15) is 39.0 Å². The van der Waals surface area contributed by atoms with Crippen molar-refractivity contribution >= 4 is 35.8 Å². The van der Waals surface area contributed by atoms with Crippen molar-refractivity contribution in [1.82, 2.24) is 0 Å². The number of hydrogen-bond donors (Lipinski definition) is 2. The second kappa shape index (κ2) is 22.0. The van der Waals surface area contributed by atoms with Gasteiger partial charge in [-0.05, 0) is 43.6 Å². The predicted molar refractivity (Wildman–Crippen MR) is 225 cm³/mol. The molecule has 0 atom stereocenters. The van der Waals surface area contributed by atoms with Gasteiger partial charge in [0, 0.05) is 51.4 Å². The van der Waals surface area contributed by atoms with E-state index in [2.05, 4.69) is 0 Å². The molecule has 0 unspecified atom stereocenters. The van der Waals surface area contributed by atoms with E-state index in [4.69, 9.17) is 37.9 Å². The van der Waals surface area contributed by atoms with Gasteiger partial charge in [-0.25, -0.2) is 28.8 Å². The molecule has 4 aliphatic heterocycles. The fraction of sp³-hybridized carbons (Fsp3) is 0.447. The molecule has 2 saturated heterocycles. The Kier molecular flexibility index (Phi) is 17.1. The first kappa shape index (κ1) is 49.1. The van der Waals surface area contributed by atoms with Gasteiger partial charge in [-0.3, -0.25) is 0 Å². The van der Waals surface area contributed by atoms with Crippen LogP contribution in [-0.2, 0) is 66.7 Å². The first-order valence-electron chi connectivity index (χ1n) is 21.2. The summed E-state index contributed by atoms with van der Waals surface area (Å²) < 4.78 is 44.2. The van der Waals surface area contributed by atoms with Crippen LogP contribution in [0.3, 0.4) is 0 Å². The molecule has 2 fully saturated rings. The maximum Gasteiger partial charge on any atom is 0.348 e. The number of allylic oxidation sites excluding steroid dienone is 12. The number of esters is 6. The Morgan fingerprint density at radius 3 is 1.05 bits per heavy atom. The van der Waals surface area contributed by atoms with Gasteiger partial charge in [0.25, 0.3) is 35.0 Å². The predicted octanol–water partition coefficient (Wildman–Crippen LogP) is 8.26. The summed E-state index contributed by atoms with van der Waals surface area (Å²) in [6, 6.07) is 0. The van der Waals surface area contributed by atoms with Crippen LogP contribution in [0.25, 0.3) is 0 Å². The number of aliphatic hydroxyl groups is 2. The van der Waals surface area contributed by atoms with Gasteiger partial charge in [-0.2, -0.15) is 0 Å². The van der Waals surface area contributed by atoms with Crippen molar-refractivity contribution in [2.24, 2.45) is 0 Å². The summed E-state index contributed by atoms with van der Waals surface area (Å²) in [5.74, 6) is -11.3. The highest BCUT2D eigenvalue weighted by Crippen LogP contribution is 2.37. The van der Waals surface area contributed by atoms with Crippen molar-refractivity contribution in [3.8, 4) is 0 Å². The number of cyclic esters (lactones) is 6. The van der Waals surface area contributed by atoms with Crippen molar-refractivity contribution in [3.63, 3.8) is 0 Å². The summed E-state index contributed by atoms with van der Waals surface area (Å²) in [6.45, 7) is 10.7. The zero-order valence-corrected chi connectivity index (χ0v) is 36.5. The highest BCUT2D eigenvalue weighted by molar-refractivity contribution is 6.16. The van der Waals surface area contributed by atoms with Gasteiger partial charge in [-0.15, -0.1) is 0 Å². The normalized spacial score (nSPS) is 24.0. The van der Waals surface area contributed by atoms with Crippen LogP contribution in [0.15, 0.2) is 119 Å². The van der Waals surface area contributed by atoms with Crippen LogP contribution in [0.2, 0.25) is 0 Å². The summed E-state index contributed by atoms with van der Waals surface area (Å²) in [7, 11) is 0. The van der Waals surface area contributed by atoms with E-state index in [1.54, 1.807) is 58.9 Å². The lowest BCUT2D eigenvalue weighted by atomic mass is 9.97. The number of carbonyl (C=O) groups excluding carboxylic acids is 6. The molecular formula is C47H56O16. The second-order valence-electron chi connectivity index (χ2n) is 14.8. The zero-order chi connectivity index (χ0) is 46.3. The molecule has 0 aromatic rings. The lowest BCUT2D eigenvalue weighted by Gasteiger charge is -2.37. The summed E-state index contributed by atoms with van der Waals surface area (Å²) in [5.41, 5.74) is -0.893. The molecule has 0 aromatic carbocycles. The molecule has 2 N–H and O–H groups in total. The number of rotatable bonds is 20. The minimum absolute atomic E-state index is 0.138. The topological polar surface area (TPSA) is 217 Å². The standard InChI is InChI=1S/C47H56O16/c1-7-29-47(62-42(54)35(43(55)63-47)28-22-18-14-16-20-26-33-38(50)58-45(10-4,11-5)59-39(33)51)31-24-23-30-46(12-6)60-40(52)34(41(53)61-46)27-21-17-13-15-19-25-32-36(48)56-44(8-2,9-3)57-37(32)49/h13-22,25-28,48,50H,7-12,23-24,29-31H2,1-6H3. The summed E-state index contributed by atoms with van der Waals surface area (Å²) >= 11 is 0. The van der Waals surface area contributed by atoms with Crippen molar-refractivity contribution in [2.45, 2.75) is 135 Å². The monoisotopic (exact) mass is 876 g/mol. The van der Waals surface area contributed by atoms with Gasteiger partial charge in [0.05, 0.1) is 0 Å². The molecule has 4 heterocycles. The lowest BCUT2D eigenvalue weighted by Crippen LogP contribution is -2.47. The van der Waals surface area contributed by atoms with Gasteiger partial charge in [0.15, 0.2) is 0 Å². The Labute approximate surface area is 366 Å². The second-order valence-corrected chi connectivity index (χ2v) is 14.8. The van der Waals surface area contributed by atoms with E-state index in [1.807, 2.05) is 6.92 Å². The number of aliphatic hydroxyl groups excluding tert-OH is 2. The SMILES string of the molecule is CCCC1(CCCCC2(CC)OC(=O)C(=CC=CC=CC=CC3=C(O)OC(CC)(CC)OC3=O)C(=O)O2)OC(=O)C(=CC=CC=CC=CC2=C(O)OC(CC)(CC)OC2=O)C(=O)O1. The number of ether oxygens (including phenoxy) is 8. The Hall–Kier alpha value is -6.58. The summed E-state index contributed by atoms with van der Waals surface area (Å²) in [5, 5.41) is 20.4. The molecule has 0 aromatic heterocycles. The third kappa shape index (κ3) is 12.3. The first-order valence-corrected chi connectivity index (χ1v) is 21.2. The summed E-state index contributed by atoms with van der Waals surface area (Å²) in [4.78, 5) is 76.7. The van der Waals surface area contributed by atoms with Crippen molar-refractivity contribution in [2.75, 3.05) is 0 Å². The largest absolute Gasteiger partial charge is 0.480 e. The van der Waals surface area contributed by atoms with Gasteiger partial charge in [-0.1, -0.05) is 102 Å². The smallest absolute Gasteiger partial charge is 0.348 e. The molecule has 0 bridgehead atoms. The van der Waals surface area contributed by atoms with Crippen LogP contribution in [0.1, 0.15) is 112 Å². The van der Waals surface area contributed by atoms with E-state index >= 15 is 0 Å². The molecule has 0 spiro atoms. The number of hydrogen-bond acceptors (Lipinski definition) is 16. The highest BCUT2D eigenvalue weighted by atomic mass is 16.8. The lowest BCUT2D eigenvalue weighted by molar-refractivity contribution is -0.245. The molecule has 4 rings (SSSR count). The molecular weight excluding hydrogens is 821 g/mol. The molecule has 16 heteroatoms. The van der Waals surface area contributed by atoms with Gasteiger partial charge < -0.3 is 48.1 Å². The minimum atomic E-state index is -1.52. The maximum absolute atomic E-state index is 13.0. The Morgan fingerprint density at radius 1 is 0.381 bits per heavy atom. The van der Waals surface area contributed by atoms with E-state index in [0.717, 1.165) is 0 Å². The zero-order valence-electron chi connectivity index (χ0n) is 36.5. The molecule has 0 aliphatic carbocycles. The maximum atomic E-state index is 13.0. The third-order valence-electron chi connectivity index (χ3n) is 10.6. The fourth-order valence-corrected chi connectivity index (χ4v) is 6.77. The van der Waals surface area contributed by atoms with Crippen LogP contribution in [0.4, 0.5) is 0 Å². The average Bonchev–Trinajstić information content (AvgIpc) is 3.24.